The lowest BCUT2D eigenvalue weighted by Crippen LogP contribution is -2.47. The van der Waals surface area contributed by atoms with E-state index in [4.69, 9.17) is 0 Å². The minimum absolute atomic E-state index is 0.220. The molecule has 0 spiro atoms. The fourth-order valence-corrected chi connectivity index (χ4v) is 2.10. The molecule has 0 aromatic heterocycles. The molecule has 1 N–H and O–H groups in total. The number of likely N-dealkylation sites (N-methyl/N-ethyl adjacent to an activating group) is 1. The second-order valence-corrected chi connectivity index (χ2v) is 6.76. The average Bonchev–Trinajstić information content (AvgIpc) is 2.20. The number of rotatable bonds is 7. The van der Waals surface area contributed by atoms with Gasteiger partial charge in [-0.05, 0) is 60.1 Å². The smallest absolute Gasteiger partial charge is 0.0192 e. The van der Waals surface area contributed by atoms with Gasteiger partial charge in [-0.2, -0.15) is 11.8 Å². The summed E-state index contributed by atoms with van der Waals surface area (Å²) in [4.78, 5) is 2.48. The number of hydrogen-bond donors (Lipinski definition) is 1. The molecule has 0 saturated carbocycles. The van der Waals surface area contributed by atoms with Gasteiger partial charge in [0.2, 0.25) is 0 Å². The van der Waals surface area contributed by atoms with Crippen molar-refractivity contribution in [2.24, 2.45) is 0 Å². The van der Waals surface area contributed by atoms with Crippen molar-refractivity contribution in [1.82, 2.24) is 10.2 Å². The van der Waals surface area contributed by atoms with E-state index in [2.05, 4.69) is 58.1 Å². The lowest BCUT2D eigenvalue weighted by molar-refractivity contribution is 0.180. The van der Waals surface area contributed by atoms with Gasteiger partial charge in [0.25, 0.3) is 0 Å². The summed E-state index contributed by atoms with van der Waals surface area (Å²) in [6.07, 6.45) is 3.45. The van der Waals surface area contributed by atoms with Crippen molar-refractivity contribution in [3.8, 4) is 0 Å². The maximum Gasteiger partial charge on any atom is 0.0192 e. The number of nitrogens with zero attached hydrogens (tertiary/aromatic N) is 1. The van der Waals surface area contributed by atoms with Crippen LogP contribution < -0.4 is 5.32 Å². The molecule has 0 aliphatic heterocycles. The van der Waals surface area contributed by atoms with Crippen LogP contribution in [0, 0.1) is 0 Å². The summed E-state index contributed by atoms with van der Waals surface area (Å²) in [5, 5.41) is 3.57. The second kappa shape index (κ2) is 7.57. The van der Waals surface area contributed by atoms with E-state index in [1.54, 1.807) is 0 Å². The third kappa shape index (κ3) is 7.53. The summed E-state index contributed by atoms with van der Waals surface area (Å²) in [6, 6.07) is 1.26. The van der Waals surface area contributed by atoms with Crippen LogP contribution in [0.5, 0.6) is 0 Å². The maximum atomic E-state index is 3.57. The molecule has 0 aromatic carbocycles. The molecule has 16 heavy (non-hydrogen) atoms. The summed E-state index contributed by atoms with van der Waals surface area (Å²) in [5.41, 5.74) is 0.220. The van der Waals surface area contributed by atoms with Crippen molar-refractivity contribution < 1.29 is 0 Å². The SMILES string of the molecule is CSCCC(C)N(C)C(C)CNC(C)(C)C. The van der Waals surface area contributed by atoms with E-state index >= 15 is 0 Å². The van der Waals surface area contributed by atoms with Crippen LogP contribution in [0.2, 0.25) is 0 Å². The zero-order valence-electron chi connectivity index (χ0n) is 12.1. The molecule has 0 fully saturated rings. The molecule has 0 heterocycles. The Morgan fingerprint density at radius 2 is 1.75 bits per heavy atom. The highest BCUT2D eigenvalue weighted by Gasteiger charge is 2.17. The predicted octanol–water partition coefficient (Wildman–Crippen LogP) is 2.84. The summed E-state index contributed by atoms with van der Waals surface area (Å²) < 4.78 is 0. The van der Waals surface area contributed by atoms with Crippen molar-refractivity contribution >= 4 is 11.8 Å². The van der Waals surface area contributed by atoms with Crippen LogP contribution in [-0.4, -0.2) is 48.1 Å². The summed E-state index contributed by atoms with van der Waals surface area (Å²) >= 11 is 1.93. The van der Waals surface area contributed by atoms with Gasteiger partial charge in [0.1, 0.15) is 0 Å². The molecule has 2 atom stereocenters. The molecule has 0 amide bonds. The predicted molar refractivity (Wildman–Crippen MR) is 77.4 cm³/mol. The molecule has 3 heteroatoms. The summed E-state index contributed by atoms with van der Waals surface area (Å²) in [6.45, 7) is 12.3. The van der Waals surface area contributed by atoms with E-state index in [0.717, 1.165) is 6.54 Å². The van der Waals surface area contributed by atoms with E-state index in [0.29, 0.717) is 12.1 Å². The van der Waals surface area contributed by atoms with Crippen LogP contribution in [0.3, 0.4) is 0 Å². The van der Waals surface area contributed by atoms with Gasteiger partial charge < -0.3 is 5.32 Å². The number of hydrogen-bond acceptors (Lipinski definition) is 3. The van der Waals surface area contributed by atoms with E-state index in [9.17, 15) is 0 Å². The Morgan fingerprint density at radius 1 is 1.19 bits per heavy atom. The Morgan fingerprint density at radius 3 is 2.19 bits per heavy atom. The van der Waals surface area contributed by atoms with Crippen molar-refractivity contribution in [3.63, 3.8) is 0 Å². The van der Waals surface area contributed by atoms with Gasteiger partial charge in [-0.25, -0.2) is 0 Å². The van der Waals surface area contributed by atoms with Crippen LogP contribution in [0.4, 0.5) is 0 Å². The zero-order valence-corrected chi connectivity index (χ0v) is 12.9. The van der Waals surface area contributed by atoms with E-state index in [1.165, 1.54) is 12.2 Å². The third-order valence-corrected chi connectivity index (χ3v) is 3.70. The number of thioether (sulfide) groups is 1. The van der Waals surface area contributed by atoms with Crippen LogP contribution >= 0.6 is 11.8 Å². The van der Waals surface area contributed by atoms with Gasteiger partial charge in [0, 0.05) is 24.2 Å². The first-order chi connectivity index (χ1) is 7.28. The third-order valence-electron chi connectivity index (χ3n) is 3.06. The lowest BCUT2D eigenvalue weighted by atomic mass is 10.1. The first-order valence-electron chi connectivity index (χ1n) is 6.24. The molecular formula is C13H30N2S. The van der Waals surface area contributed by atoms with Crippen molar-refractivity contribution in [2.75, 3.05) is 25.6 Å². The van der Waals surface area contributed by atoms with Crippen LogP contribution in [0.1, 0.15) is 41.0 Å². The quantitative estimate of drug-likeness (QED) is 0.743. The first kappa shape index (κ1) is 16.3. The standard InChI is InChI=1S/C13H30N2S/c1-11(8-9-16-7)15(6)12(2)10-14-13(3,4)5/h11-12,14H,8-10H2,1-7H3. The van der Waals surface area contributed by atoms with Crippen molar-refractivity contribution in [2.45, 2.75) is 58.7 Å². The second-order valence-electron chi connectivity index (χ2n) is 5.78. The van der Waals surface area contributed by atoms with Gasteiger partial charge in [0.05, 0.1) is 0 Å². The Labute approximate surface area is 107 Å². The first-order valence-corrected chi connectivity index (χ1v) is 7.63. The van der Waals surface area contributed by atoms with Crippen LogP contribution in [-0.2, 0) is 0 Å². The molecule has 2 unspecified atom stereocenters. The van der Waals surface area contributed by atoms with E-state index in [1.807, 2.05) is 11.8 Å². The Hall–Kier alpha value is 0.270. The molecular weight excluding hydrogens is 216 g/mol. The fraction of sp³-hybridized carbons (Fsp3) is 1.00. The Bertz CT molecular complexity index is 177. The lowest BCUT2D eigenvalue weighted by Gasteiger charge is -2.33. The summed E-state index contributed by atoms with van der Waals surface area (Å²) in [7, 11) is 2.24. The van der Waals surface area contributed by atoms with Gasteiger partial charge in [-0.1, -0.05) is 0 Å². The highest BCUT2D eigenvalue weighted by atomic mass is 32.2. The molecule has 0 radical (unpaired) electrons. The fourth-order valence-electron chi connectivity index (χ4n) is 1.52. The zero-order chi connectivity index (χ0) is 12.8. The molecule has 0 aliphatic rings. The van der Waals surface area contributed by atoms with E-state index in [-0.39, 0.29) is 5.54 Å². The minimum atomic E-state index is 0.220. The molecule has 0 aromatic rings. The Balaban J connectivity index is 3.92. The highest BCUT2D eigenvalue weighted by molar-refractivity contribution is 7.98. The normalized spacial score (nSPS) is 16.5. The maximum absolute atomic E-state index is 3.57. The number of nitrogens with one attached hydrogen (secondary N) is 1. The van der Waals surface area contributed by atoms with Gasteiger partial charge >= 0.3 is 0 Å². The van der Waals surface area contributed by atoms with Gasteiger partial charge in [0.15, 0.2) is 0 Å². The van der Waals surface area contributed by atoms with Gasteiger partial charge in [-0.15, -0.1) is 0 Å². The molecule has 2 nitrogen and oxygen atoms in total. The molecule has 0 rings (SSSR count). The van der Waals surface area contributed by atoms with Crippen molar-refractivity contribution in [1.29, 1.82) is 0 Å². The molecule has 0 saturated heterocycles. The highest BCUT2D eigenvalue weighted by Crippen LogP contribution is 2.09. The van der Waals surface area contributed by atoms with Gasteiger partial charge in [-0.3, -0.25) is 4.90 Å². The summed E-state index contributed by atoms with van der Waals surface area (Å²) in [5.74, 6) is 1.25. The van der Waals surface area contributed by atoms with Crippen LogP contribution in [0.25, 0.3) is 0 Å². The van der Waals surface area contributed by atoms with E-state index < -0.39 is 0 Å². The minimum Gasteiger partial charge on any atom is -0.311 e. The molecule has 98 valence electrons. The monoisotopic (exact) mass is 246 g/mol. The topological polar surface area (TPSA) is 15.3 Å². The molecule has 0 bridgehead atoms. The Kier molecular flexibility index (Phi) is 7.70. The van der Waals surface area contributed by atoms with Crippen molar-refractivity contribution in [3.05, 3.63) is 0 Å². The van der Waals surface area contributed by atoms with Crippen LogP contribution in [0.15, 0.2) is 0 Å². The largest absolute Gasteiger partial charge is 0.311 e. The average molecular weight is 246 g/mol. The molecule has 0 aliphatic carbocycles.